The summed E-state index contributed by atoms with van der Waals surface area (Å²) in [6, 6.07) is 10.9. The van der Waals surface area contributed by atoms with Gasteiger partial charge in [0.05, 0.1) is 0 Å². The van der Waals surface area contributed by atoms with E-state index < -0.39 is 0 Å². The maximum atomic E-state index is 13.8. The summed E-state index contributed by atoms with van der Waals surface area (Å²) in [6.07, 6.45) is 0.914. The highest BCUT2D eigenvalue weighted by Crippen LogP contribution is 2.25. The lowest BCUT2D eigenvalue weighted by Crippen LogP contribution is -2.30. The third-order valence-electron chi connectivity index (χ3n) is 3.79. The molecule has 2 aromatic carbocycles. The van der Waals surface area contributed by atoms with Gasteiger partial charge in [-0.15, -0.1) is 0 Å². The fourth-order valence-corrected chi connectivity index (χ4v) is 2.88. The standard InChI is InChI=1S/C16H16ClFN2/c17-13-5-4-12(15(18)8-13)10-20-7-6-14-11(9-20)2-1-3-16(14)19/h1-5,8H,6-7,9-10,19H2. The minimum Gasteiger partial charge on any atom is -0.398 e. The molecule has 0 fully saturated rings. The highest BCUT2D eigenvalue weighted by molar-refractivity contribution is 6.30. The summed E-state index contributed by atoms with van der Waals surface area (Å²) in [7, 11) is 0. The predicted molar refractivity (Wildman–Crippen MR) is 80.1 cm³/mol. The van der Waals surface area contributed by atoms with E-state index in [0.717, 1.165) is 25.2 Å². The molecule has 0 atom stereocenters. The molecule has 2 nitrogen and oxygen atoms in total. The predicted octanol–water partition coefficient (Wildman–Crippen LogP) is 3.62. The topological polar surface area (TPSA) is 29.3 Å². The van der Waals surface area contributed by atoms with Crippen LogP contribution in [0.2, 0.25) is 5.02 Å². The quantitative estimate of drug-likeness (QED) is 0.856. The van der Waals surface area contributed by atoms with Crippen molar-refractivity contribution in [2.24, 2.45) is 0 Å². The van der Waals surface area contributed by atoms with Gasteiger partial charge in [0.2, 0.25) is 0 Å². The van der Waals surface area contributed by atoms with Gasteiger partial charge < -0.3 is 5.73 Å². The molecule has 1 aliphatic rings. The number of nitrogens with zero attached hydrogens (tertiary/aromatic N) is 1. The van der Waals surface area contributed by atoms with Crippen LogP contribution < -0.4 is 5.73 Å². The molecule has 0 aromatic heterocycles. The Morgan fingerprint density at radius 3 is 2.90 bits per heavy atom. The Labute approximate surface area is 123 Å². The summed E-state index contributed by atoms with van der Waals surface area (Å²) in [5, 5.41) is 0.433. The summed E-state index contributed by atoms with van der Waals surface area (Å²) in [6.45, 7) is 2.29. The molecular formula is C16H16ClFN2. The minimum absolute atomic E-state index is 0.240. The molecule has 2 N–H and O–H groups in total. The van der Waals surface area contributed by atoms with E-state index in [1.165, 1.54) is 17.2 Å². The van der Waals surface area contributed by atoms with Crippen molar-refractivity contribution in [2.45, 2.75) is 19.5 Å². The summed E-state index contributed by atoms with van der Waals surface area (Å²) in [5.74, 6) is -0.240. The largest absolute Gasteiger partial charge is 0.398 e. The van der Waals surface area contributed by atoms with Gasteiger partial charge in [-0.25, -0.2) is 4.39 Å². The number of nitrogens with two attached hydrogens (primary N) is 1. The Hall–Kier alpha value is -1.58. The van der Waals surface area contributed by atoms with E-state index in [4.69, 9.17) is 17.3 Å². The zero-order valence-electron chi connectivity index (χ0n) is 11.1. The van der Waals surface area contributed by atoms with Crippen LogP contribution in [-0.4, -0.2) is 11.4 Å². The van der Waals surface area contributed by atoms with Crippen LogP contribution in [-0.2, 0) is 19.5 Å². The Kier molecular flexibility index (Phi) is 3.64. The van der Waals surface area contributed by atoms with Crippen LogP contribution in [0.25, 0.3) is 0 Å². The number of nitrogen functional groups attached to an aromatic ring is 1. The van der Waals surface area contributed by atoms with Gasteiger partial charge in [-0.1, -0.05) is 29.8 Å². The van der Waals surface area contributed by atoms with Crippen LogP contribution in [0, 0.1) is 5.82 Å². The fourth-order valence-electron chi connectivity index (χ4n) is 2.72. The summed E-state index contributed by atoms with van der Waals surface area (Å²) in [5.41, 5.74) is 10.0. The first-order valence-corrected chi connectivity index (χ1v) is 7.04. The van der Waals surface area contributed by atoms with E-state index in [2.05, 4.69) is 11.0 Å². The van der Waals surface area contributed by atoms with E-state index in [9.17, 15) is 4.39 Å². The number of benzene rings is 2. The van der Waals surface area contributed by atoms with Crippen LogP contribution in [0.4, 0.5) is 10.1 Å². The lowest BCUT2D eigenvalue weighted by Gasteiger charge is -2.29. The number of hydrogen-bond acceptors (Lipinski definition) is 2. The molecule has 0 saturated carbocycles. The molecule has 0 amide bonds. The van der Waals surface area contributed by atoms with Crippen molar-refractivity contribution in [2.75, 3.05) is 12.3 Å². The lowest BCUT2D eigenvalue weighted by molar-refractivity contribution is 0.242. The van der Waals surface area contributed by atoms with Crippen molar-refractivity contribution in [3.8, 4) is 0 Å². The Morgan fingerprint density at radius 2 is 2.10 bits per heavy atom. The molecule has 3 rings (SSSR count). The van der Waals surface area contributed by atoms with Gasteiger partial charge in [0.15, 0.2) is 0 Å². The average molecular weight is 291 g/mol. The smallest absolute Gasteiger partial charge is 0.129 e. The molecular weight excluding hydrogens is 275 g/mol. The molecule has 0 aliphatic carbocycles. The highest BCUT2D eigenvalue weighted by atomic mass is 35.5. The first-order chi connectivity index (χ1) is 9.63. The van der Waals surface area contributed by atoms with Crippen LogP contribution in [0.15, 0.2) is 36.4 Å². The molecule has 2 aromatic rings. The first kappa shape index (κ1) is 13.4. The van der Waals surface area contributed by atoms with Crippen molar-refractivity contribution in [3.63, 3.8) is 0 Å². The van der Waals surface area contributed by atoms with Crippen LogP contribution in [0.3, 0.4) is 0 Å². The van der Waals surface area contributed by atoms with E-state index in [0.29, 0.717) is 17.1 Å². The zero-order valence-corrected chi connectivity index (χ0v) is 11.8. The van der Waals surface area contributed by atoms with E-state index >= 15 is 0 Å². The second-order valence-corrected chi connectivity index (χ2v) is 5.62. The number of fused-ring (bicyclic) bond motifs is 1. The van der Waals surface area contributed by atoms with E-state index in [-0.39, 0.29) is 5.82 Å². The number of anilines is 1. The van der Waals surface area contributed by atoms with Gasteiger partial charge in [0.25, 0.3) is 0 Å². The lowest BCUT2D eigenvalue weighted by atomic mass is 9.97. The second-order valence-electron chi connectivity index (χ2n) is 5.18. The van der Waals surface area contributed by atoms with Gasteiger partial charge in [0.1, 0.15) is 5.82 Å². The van der Waals surface area contributed by atoms with Crippen LogP contribution >= 0.6 is 11.6 Å². The average Bonchev–Trinajstić information content (AvgIpc) is 2.42. The van der Waals surface area contributed by atoms with Crippen molar-refractivity contribution >= 4 is 17.3 Å². The van der Waals surface area contributed by atoms with Gasteiger partial charge in [-0.2, -0.15) is 0 Å². The molecule has 1 aliphatic heterocycles. The SMILES string of the molecule is Nc1cccc2c1CCN(Cc1ccc(Cl)cc1F)C2. The Bertz CT molecular complexity index is 642. The maximum absolute atomic E-state index is 13.8. The second kappa shape index (κ2) is 5.43. The normalized spacial score (nSPS) is 15.1. The zero-order chi connectivity index (χ0) is 14.1. The Balaban J connectivity index is 1.77. The van der Waals surface area contributed by atoms with E-state index in [1.54, 1.807) is 12.1 Å². The van der Waals surface area contributed by atoms with E-state index in [1.807, 2.05) is 12.1 Å². The minimum atomic E-state index is -0.240. The highest BCUT2D eigenvalue weighted by Gasteiger charge is 2.18. The first-order valence-electron chi connectivity index (χ1n) is 6.66. The summed E-state index contributed by atoms with van der Waals surface area (Å²) in [4.78, 5) is 2.23. The number of rotatable bonds is 2. The maximum Gasteiger partial charge on any atom is 0.129 e. The van der Waals surface area contributed by atoms with Crippen molar-refractivity contribution < 1.29 is 4.39 Å². The number of hydrogen-bond donors (Lipinski definition) is 1. The monoisotopic (exact) mass is 290 g/mol. The van der Waals surface area contributed by atoms with Gasteiger partial charge in [-0.3, -0.25) is 4.90 Å². The van der Waals surface area contributed by atoms with Crippen molar-refractivity contribution in [3.05, 3.63) is 63.9 Å². The molecule has 20 heavy (non-hydrogen) atoms. The molecule has 104 valence electrons. The molecule has 0 radical (unpaired) electrons. The molecule has 1 heterocycles. The van der Waals surface area contributed by atoms with Crippen LogP contribution in [0.1, 0.15) is 16.7 Å². The summed E-state index contributed by atoms with van der Waals surface area (Å²) < 4.78 is 13.8. The van der Waals surface area contributed by atoms with Crippen LogP contribution in [0.5, 0.6) is 0 Å². The third-order valence-corrected chi connectivity index (χ3v) is 4.03. The molecule has 0 bridgehead atoms. The van der Waals surface area contributed by atoms with Gasteiger partial charge in [0, 0.05) is 35.9 Å². The van der Waals surface area contributed by atoms with Crippen molar-refractivity contribution in [1.82, 2.24) is 4.90 Å². The van der Waals surface area contributed by atoms with Crippen molar-refractivity contribution in [1.29, 1.82) is 0 Å². The molecule has 0 saturated heterocycles. The summed E-state index contributed by atoms with van der Waals surface area (Å²) >= 11 is 5.78. The Morgan fingerprint density at radius 1 is 1.25 bits per heavy atom. The molecule has 0 unspecified atom stereocenters. The third kappa shape index (κ3) is 2.65. The fraction of sp³-hybridized carbons (Fsp3) is 0.250. The molecule has 4 heteroatoms. The molecule has 0 spiro atoms. The van der Waals surface area contributed by atoms with Gasteiger partial charge in [-0.05, 0) is 35.7 Å². The van der Waals surface area contributed by atoms with Gasteiger partial charge >= 0.3 is 0 Å². The number of halogens is 2.